The molecule has 0 saturated heterocycles. The summed E-state index contributed by atoms with van der Waals surface area (Å²) in [6.07, 6.45) is 7.52. The van der Waals surface area contributed by atoms with Crippen molar-refractivity contribution in [2.24, 2.45) is 5.41 Å². The van der Waals surface area contributed by atoms with Gasteiger partial charge in [-0.1, -0.05) is 122 Å². The van der Waals surface area contributed by atoms with Crippen molar-refractivity contribution >= 4 is 11.9 Å². The van der Waals surface area contributed by atoms with Gasteiger partial charge in [-0.05, 0) is 104 Å². The number of fused-ring (bicyclic) bond motifs is 3. The molecule has 5 aromatic rings. The minimum absolute atomic E-state index is 0.0218. The van der Waals surface area contributed by atoms with E-state index in [1.165, 1.54) is 39.6 Å². The van der Waals surface area contributed by atoms with E-state index in [1.807, 2.05) is 48.8 Å². The highest BCUT2D eigenvalue weighted by atomic mass is 16.5. The van der Waals surface area contributed by atoms with Crippen molar-refractivity contribution in [3.8, 4) is 22.6 Å². The predicted molar refractivity (Wildman–Crippen MR) is 210 cm³/mol. The molecule has 4 aromatic carbocycles. The monoisotopic (exact) mass is 661 g/mol. The van der Waals surface area contributed by atoms with Gasteiger partial charge in [0.25, 0.3) is 0 Å². The van der Waals surface area contributed by atoms with Gasteiger partial charge in [0.15, 0.2) is 0 Å². The highest BCUT2D eigenvalue weighted by Gasteiger charge is 2.48. The fraction of sp³-hybridized carbons (Fsp3) is 0.304. The first-order valence-corrected chi connectivity index (χ1v) is 17.9. The molecular formula is C46H51N3O. The average molecular weight is 662 g/mol. The summed E-state index contributed by atoms with van der Waals surface area (Å²) >= 11 is 0. The Hall–Kier alpha value is -4.96. The van der Waals surface area contributed by atoms with Crippen molar-refractivity contribution in [1.82, 2.24) is 4.98 Å². The van der Waals surface area contributed by atoms with Crippen molar-refractivity contribution in [1.29, 1.82) is 5.41 Å². The largest absolute Gasteiger partial charge is 0.457 e. The smallest absolute Gasteiger partial charge is 0.129 e. The van der Waals surface area contributed by atoms with Crippen LogP contribution < -0.4 is 10.1 Å². The quantitative estimate of drug-likeness (QED) is 0.144. The topological polar surface area (TPSA) is 58.0 Å². The average Bonchev–Trinajstić information content (AvgIpc) is 3.38. The Morgan fingerprint density at radius 3 is 2.18 bits per heavy atom. The summed E-state index contributed by atoms with van der Waals surface area (Å²) in [5.41, 5.74) is 10.8. The van der Waals surface area contributed by atoms with Crippen LogP contribution in [0.2, 0.25) is 0 Å². The second-order valence-corrected chi connectivity index (χ2v) is 15.8. The van der Waals surface area contributed by atoms with Crippen LogP contribution >= 0.6 is 0 Å². The number of hydrogen-bond acceptors (Lipinski definition) is 4. The molecule has 0 amide bonds. The Labute approximate surface area is 299 Å². The molecule has 4 nitrogen and oxygen atoms in total. The maximum Gasteiger partial charge on any atom is 0.129 e. The summed E-state index contributed by atoms with van der Waals surface area (Å²) in [4.78, 5) is 5.12. The lowest BCUT2D eigenvalue weighted by molar-refractivity contribution is 0.481. The van der Waals surface area contributed by atoms with E-state index in [0.717, 1.165) is 46.9 Å². The van der Waals surface area contributed by atoms with Gasteiger partial charge in [-0.15, -0.1) is 0 Å². The Morgan fingerprint density at radius 1 is 0.820 bits per heavy atom. The van der Waals surface area contributed by atoms with Crippen LogP contribution in [0.1, 0.15) is 108 Å². The lowest BCUT2D eigenvalue weighted by Crippen LogP contribution is -2.30. The molecule has 1 heterocycles. The summed E-state index contributed by atoms with van der Waals surface area (Å²) in [6, 6.07) is 37.0. The zero-order valence-electron chi connectivity index (χ0n) is 30.9. The van der Waals surface area contributed by atoms with Crippen LogP contribution in [0.5, 0.6) is 11.5 Å². The van der Waals surface area contributed by atoms with Gasteiger partial charge in [-0.25, -0.2) is 0 Å². The number of anilines is 1. The van der Waals surface area contributed by atoms with Crippen molar-refractivity contribution in [3.05, 3.63) is 155 Å². The fourth-order valence-electron chi connectivity index (χ4n) is 7.25. The molecule has 2 unspecified atom stereocenters. The molecule has 0 aliphatic heterocycles. The summed E-state index contributed by atoms with van der Waals surface area (Å²) < 4.78 is 6.62. The van der Waals surface area contributed by atoms with Gasteiger partial charge in [0.2, 0.25) is 0 Å². The Bertz CT molecular complexity index is 2030. The van der Waals surface area contributed by atoms with Crippen LogP contribution in [0, 0.1) is 10.8 Å². The molecule has 0 spiro atoms. The van der Waals surface area contributed by atoms with Gasteiger partial charge in [0, 0.05) is 30.4 Å². The fourth-order valence-corrected chi connectivity index (χ4v) is 7.25. The van der Waals surface area contributed by atoms with Gasteiger partial charge in [-0.3, -0.25) is 4.98 Å². The molecule has 0 bridgehead atoms. The number of aromatic nitrogens is 1. The number of nitrogens with one attached hydrogen (secondary N) is 2. The first kappa shape index (κ1) is 34.9. The van der Waals surface area contributed by atoms with Crippen molar-refractivity contribution in [3.63, 3.8) is 0 Å². The van der Waals surface area contributed by atoms with Gasteiger partial charge in [-0.2, -0.15) is 0 Å². The highest BCUT2D eigenvalue weighted by molar-refractivity contribution is 5.86. The molecular weight excluding hydrogens is 611 g/mol. The molecule has 0 saturated carbocycles. The second kappa shape index (κ2) is 13.7. The SMILES string of the molecule is CCCC(C)c1ccc2c(c1)C(c1cccc(Oc3cccc(N/C=C(/C=N)C(C)(C)C)c3)c1)(c1ccccn1)c1cc(C(C)(C)C)ccc1-2. The molecule has 1 aliphatic carbocycles. The van der Waals surface area contributed by atoms with Gasteiger partial charge >= 0.3 is 0 Å². The zero-order valence-corrected chi connectivity index (χ0v) is 30.9. The van der Waals surface area contributed by atoms with E-state index in [9.17, 15) is 0 Å². The second-order valence-electron chi connectivity index (χ2n) is 15.8. The van der Waals surface area contributed by atoms with Gasteiger partial charge < -0.3 is 15.5 Å². The lowest BCUT2D eigenvalue weighted by Gasteiger charge is -2.34. The van der Waals surface area contributed by atoms with Crippen molar-refractivity contribution in [2.45, 2.75) is 85.0 Å². The number of nitrogens with zero attached hydrogens (tertiary/aromatic N) is 1. The third kappa shape index (κ3) is 6.64. The molecule has 50 heavy (non-hydrogen) atoms. The number of rotatable bonds is 10. The maximum atomic E-state index is 7.86. The van der Waals surface area contributed by atoms with E-state index in [-0.39, 0.29) is 10.8 Å². The first-order chi connectivity index (χ1) is 23.9. The lowest BCUT2D eigenvalue weighted by atomic mass is 9.68. The summed E-state index contributed by atoms with van der Waals surface area (Å²) in [5, 5.41) is 11.2. The van der Waals surface area contributed by atoms with E-state index < -0.39 is 5.41 Å². The van der Waals surface area contributed by atoms with Crippen LogP contribution in [0.15, 0.2) is 121 Å². The number of ether oxygens (including phenoxy) is 1. The molecule has 4 heteroatoms. The van der Waals surface area contributed by atoms with E-state index in [2.05, 4.69) is 127 Å². The van der Waals surface area contributed by atoms with Crippen LogP contribution in [0.25, 0.3) is 11.1 Å². The maximum absolute atomic E-state index is 7.86. The number of pyridine rings is 1. The number of benzene rings is 4. The molecule has 6 rings (SSSR count). The summed E-state index contributed by atoms with van der Waals surface area (Å²) in [7, 11) is 0. The van der Waals surface area contributed by atoms with Gasteiger partial charge in [0.1, 0.15) is 11.5 Å². The van der Waals surface area contributed by atoms with E-state index in [4.69, 9.17) is 15.1 Å². The summed E-state index contributed by atoms with van der Waals surface area (Å²) in [5.74, 6) is 1.94. The molecule has 2 N–H and O–H groups in total. The van der Waals surface area contributed by atoms with Crippen molar-refractivity contribution in [2.75, 3.05) is 5.32 Å². The Kier molecular flexibility index (Phi) is 9.59. The third-order valence-electron chi connectivity index (χ3n) is 10.1. The van der Waals surface area contributed by atoms with Crippen molar-refractivity contribution < 1.29 is 4.74 Å². The Morgan fingerprint density at radius 2 is 1.52 bits per heavy atom. The first-order valence-electron chi connectivity index (χ1n) is 17.9. The summed E-state index contributed by atoms with van der Waals surface area (Å²) in [6.45, 7) is 17.8. The molecule has 0 fully saturated rings. The normalized spacial score (nSPS) is 16.4. The molecule has 1 aromatic heterocycles. The van der Waals surface area contributed by atoms with Gasteiger partial charge in [0.05, 0.1) is 11.1 Å². The molecule has 0 radical (unpaired) electrons. The standard InChI is InChI=1S/C46H51N3O/c1-9-14-31(2)32-20-22-39-40-23-21-33(44(3,4)5)27-42(40)46(41(39)25-32,43-19-10-11-24-48-43)34-15-12-17-37(26-34)50-38-18-13-16-36(28-38)49-30-35(29-47)45(6,7)8/h10-13,15-31,47,49H,9,14H2,1-8H3/b35-30-,47-29?. The van der Waals surface area contributed by atoms with Crippen LogP contribution in [0.3, 0.4) is 0 Å². The van der Waals surface area contributed by atoms with E-state index in [0.29, 0.717) is 5.92 Å². The van der Waals surface area contributed by atoms with E-state index >= 15 is 0 Å². The molecule has 256 valence electrons. The third-order valence-corrected chi connectivity index (χ3v) is 10.1. The molecule has 2 atom stereocenters. The highest BCUT2D eigenvalue weighted by Crippen LogP contribution is 2.57. The van der Waals surface area contributed by atoms with Crippen LogP contribution in [0.4, 0.5) is 5.69 Å². The minimum Gasteiger partial charge on any atom is -0.457 e. The predicted octanol–water partition coefficient (Wildman–Crippen LogP) is 12.4. The number of allylic oxidation sites excluding steroid dienone is 1. The van der Waals surface area contributed by atoms with Crippen LogP contribution in [-0.2, 0) is 10.8 Å². The Balaban J connectivity index is 1.52. The molecule has 1 aliphatic rings. The van der Waals surface area contributed by atoms with E-state index in [1.54, 1.807) is 0 Å². The number of hydrogen-bond donors (Lipinski definition) is 2. The zero-order chi connectivity index (χ0) is 35.7. The minimum atomic E-state index is -0.640. The van der Waals surface area contributed by atoms with Crippen LogP contribution in [-0.4, -0.2) is 11.2 Å².